The van der Waals surface area contributed by atoms with Gasteiger partial charge in [0.15, 0.2) is 0 Å². The zero-order valence-electron chi connectivity index (χ0n) is 24.9. The van der Waals surface area contributed by atoms with E-state index in [2.05, 4.69) is 15.2 Å². The summed E-state index contributed by atoms with van der Waals surface area (Å²) in [7, 11) is 1.99. The Kier molecular flexibility index (Phi) is 8.78. The second kappa shape index (κ2) is 11.7. The van der Waals surface area contributed by atoms with Crippen LogP contribution in [0.25, 0.3) is 0 Å². The number of likely N-dealkylation sites (N-methyl/N-ethyl adjacent to an activating group) is 1. The number of H-pyrrole nitrogens is 1. The van der Waals surface area contributed by atoms with Crippen LogP contribution in [0.5, 0.6) is 0 Å². The zero-order valence-corrected chi connectivity index (χ0v) is 24.9. The molecule has 0 bridgehead atoms. The molecule has 1 aromatic carbocycles. The molecule has 0 aliphatic carbocycles. The van der Waals surface area contributed by atoms with E-state index in [9.17, 15) is 27.6 Å². The zero-order chi connectivity index (χ0) is 31.1. The highest BCUT2D eigenvalue weighted by atomic mass is 19.4. The van der Waals surface area contributed by atoms with Crippen LogP contribution in [0.3, 0.4) is 0 Å². The number of hydrogen-bond donors (Lipinski definition) is 2. The van der Waals surface area contributed by atoms with Gasteiger partial charge in [-0.05, 0) is 57.4 Å². The van der Waals surface area contributed by atoms with E-state index in [0.717, 1.165) is 6.20 Å². The first kappa shape index (κ1) is 31.5. The first-order chi connectivity index (χ1) is 19.5. The number of carbonyl (C=O) groups excluding carboxylic acids is 2. The van der Waals surface area contributed by atoms with Crippen molar-refractivity contribution in [2.75, 3.05) is 43.4 Å². The van der Waals surface area contributed by atoms with Gasteiger partial charge in [0.1, 0.15) is 5.82 Å². The van der Waals surface area contributed by atoms with E-state index in [1.54, 1.807) is 4.90 Å². The molecule has 2 aliphatic heterocycles. The molecule has 2 amide bonds. The lowest BCUT2D eigenvalue weighted by molar-refractivity contribution is -0.140. The maximum atomic E-state index is 15.8. The Hall–Kier alpha value is -3.41. The molecule has 2 aromatic rings. The average Bonchev–Trinajstić information content (AvgIpc) is 2.90. The lowest BCUT2D eigenvalue weighted by atomic mass is 9.86. The number of amides is 2. The van der Waals surface area contributed by atoms with Crippen LogP contribution in [0.4, 0.5) is 28.9 Å². The molecule has 0 radical (unpaired) electrons. The molecule has 12 heteroatoms. The Morgan fingerprint density at radius 1 is 1.00 bits per heavy atom. The maximum Gasteiger partial charge on any atom is 0.417 e. The summed E-state index contributed by atoms with van der Waals surface area (Å²) in [4.78, 5) is 45.7. The molecule has 230 valence electrons. The van der Waals surface area contributed by atoms with Crippen LogP contribution in [-0.2, 0) is 11.0 Å². The van der Waals surface area contributed by atoms with E-state index < -0.39 is 40.0 Å². The van der Waals surface area contributed by atoms with Crippen molar-refractivity contribution < 1.29 is 27.2 Å². The third-order valence-corrected chi connectivity index (χ3v) is 8.40. The smallest absolute Gasteiger partial charge is 0.367 e. The largest absolute Gasteiger partial charge is 0.417 e. The number of piperazine rings is 1. The van der Waals surface area contributed by atoms with E-state index in [1.165, 1.54) is 12.1 Å². The minimum Gasteiger partial charge on any atom is -0.367 e. The van der Waals surface area contributed by atoms with Gasteiger partial charge < -0.3 is 20.1 Å². The number of nitrogens with zero attached hydrogens (tertiary/aromatic N) is 3. The van der Waals surface area contributed by atoms with Gasteiger partial charge in [-0.1, -0.05) is 20.8 Å². The van der Waals surface area contributed by atoms with Crippen molar-refractivity contribution in [3.8, 4) is 0 Å². The predicted octanol–water partition coefficient (Wildman–Crippen LogP) is 5.07. The summed E-state index contributed by atoms with van der Waals surface area (Å²) in [5.41, 5.74) is -2.73. The second-order valence-corrected chi connectivity index (χ2v) is 12.6. The molecule has 3 heterocycles. The molecular formula is C30H39F4N5O3. The standard InChI is InChI=1S/C30H39F4N5O3/c1-17-15-39(16-18(2)37(17)6)25-13-23(31)20(19-7-9-38(10-8-19)28(42)29(3,4)5)11-24(25)36-27(41)21-14-35-26(40)12-22(21)30(32,33)34/h11-14,17-19H,7-10,15-16H2,1-6H3,(H,35,40)(H,36,41)/t17-,18+. The fourth-order valence-corrected chi connectivity index (χ4v) is 5.81. The Labute approximate surface area is 243 Å². The number of likely N-dealkylation sites (tertiary alicyclic amines) is 1. The molecule has 0 saturated carbocycles. The molecule has 8 nitrogen and oxygen atoms in total. The quantitative estimate of drug-likeness (QED) is 0.484. The molecular weight excluding hydrogens is 554 g/mol. The third-order valence-electron chi connectivity index (χ3n) is 8.40. The normalized spacial score (nSPS) is 21.0. The summed E-state index contributed by atoms with van der Waals surface area (Å²) < 4.78 is 56.9. The average molecular weight is 594 g/mol. The molecule has 0 unspecified atom stereocenters. The minimum absolute atomic E-state index is 0.0180. The number of pyridine rings is 1. The number of aromatic nitrogens is 1. The summed E-state index contributed by atoms with van der Waals surface area (Å²) in [5, 5.41) is 2.60. The summed E-state index contributed by atoms with van der Waals surface area (Å²) >= 11 is 0. The first-order valence-electron chi connectivity index (χ1n) is 14.2. The first-order valence-corrected chi connectivity index (χ1v) is 14.2. The molecule has 2 fully saturated rings. The van der Waals surface area contributed by atoms with Gasteiger partial charge in [-0.25, -0.2) is 4.39 Å². The van der Waals surface area contributed by atoms with Crippen molar-refractivity contribution in [2.24, 2.45) is 5.41 Å². The number of hydrogen-bond acceptors (Lipinski definition) is 5. The van der Waals surface area contributed by atoms with Gasteiger partial charge in [-0.2, -0.15) is 13.2 Å². The number of anilines is 2. The molecule has 1 aromatic heterocycles. The van der Waals surface area contributed by atoms with Gasteiger partial charge in [0.2, 0.25) is 11.5 Å². The molecule has 4 rings (SSSR count). The molecule has 2 atom stereocenters. The van der Waals surface area contributed by atoms with Gasteiger partial charge in [0.05, 0.1) is 22.5 Å². The van der Waals surface area contributed by atoms with Crippen LogP contribution in [0, 0.1) is 11.2 Å². The number of benzene rings is 1. The number of aromatic amines is 1. The van der Waals surface area contributed by atoms with E-state index in [4.69, 9.17) is 0 Å². The van der Waals surface area contributed by atoms with Gasteiger partial charge in [0, 0.05) is 55.9 Å². The Morgan fingerprint density at radius 3 is 2.14 bits per heavy atom. The van der Waals surface area contributed by atoms with Crippen LogP contribution in [0.15, 0.2) is 29.2 Å². The van der Waals surface area contributed by atoms with Crippen molar-refractivity contribution in [2.45, 2.75) is 71.6 Å². The topological polar surface area (TPSA) is 88.7 Å². The van der Waals surface area contributed by atoms with E-state index in [-0.39, 0.29) is 29.6 Å². The number of nitrogens with one attached hydrogen (secondary N) is 2. The van der Waals surface area contributed by atoms with Crippen molar-refractivity contribution in [3.63, 3.8) is 0 Å². The Bertz CT molecular complexity index is 1380. The van der Waals surface area contributed by atoms with Crippen LogP contribution >= 0.6 is 0 Å². The van der Waals surface area contributed by atoms with Gasteiger partial charge in [-0.15, -0.1) is 0 Å². The Morgan fingerprint density at radius 2 is 1.60 bits per heavy atom. The SMILES string of the molecule is C[C@@H]1CN(c2cc(F)c(C3CCN(C(=O)C(C)(C)C)CC3)cc2NC(=O)c2c[nH]c(=O)cc2C(F)(F)F)C[C@H](C)N1C. The summed E-state index contributed by atoms with van der Waals surface area (Å²) in [6.45, 7) is 11.5. The Balaban J connectivity index is 1.71. The second-order valence-electron chi connectivity index (χ2n) is 12.6. The van der Waals surface area contributed by atoms with E-state index >= 15 is 4.39 Å². The number of halogens is 4. The van der Waals surface area contributed by atoms with E-state index in [1.807, 2.05) is 46.6 Å². The third kappa shape index (κ3) is 6.63. The van der Waals surface area contributed by atoms with Gasteiger partial charge in [-0.3, -0.25) is 19.3 Å². The summed E-state index contributed by atoms with van der Waals surface area (Å²) in [5.74, 6) is -1.77. The molecule has 0 spiro atoms. The summed E-state index contributed by atoms with van der Waals surface area (Å²) in [6.07, 6.45) is -3.18. The van der Waals surface area contributed by atoms with Crippen LogP contribution in [0.2, 0.25) is 0 Å². The number of alkyl halides is 3. The van der Waals surface area contributed by atoms with Crippen LogP contribution in [-0.4, -0.2) is 71.9 Å². The molecule has 42 heavy (non-hydrogen) atoms. The molecule has 2 aliphatic rings. The number of rotatable bonds is 4. The van der Waals surface area contributed by atoms with E-state index in [0.29, 0.717) is 56.3 Å². The predicted molar refractivity (Wildman–Crippen MR) is 153 cm³/mol. The highest BCUT2D eigenvalue weighted by Gasteiger charge is 2.37. The van der Waals surface area contributed by atoms with Gasteiger partial charge >= 0.3 is 6.18 Å². The highest BCUT2D eigenvalue weighted by Crippen LogP contribution is 2.39. The highest BCUT2D eigenvalue weighted by molar-refractivity contribution is 6.07. The summed E-state index contributed by atoms with van der Waals surface area (Å²) in [6, 6.07) is 3.41. The number of carbonyl (C=O) groups is 2. The fraction of sp³-hybridized carbons (Fsp3) is 0.567. The fourth-order valence-electron chi connectivity index (χ4n) is 5.81. The van der Waals surface area contributed by atoms with Crippen molar-refractivity contribution in [1.29, 1.82) is 0 Å². The van der Waals surface area contributed by atoms with Crippen molar-refractivity contribution in [1.82, 2.24) is 14.8 Å². The molecule has 2 N–H and O–H groups in total. The monoisotopic (exact) mass is 593 g/mol. The van der Waals surface area contributed by atoms with Crippen molar-refractivity contribution >= 4 is 23.2 Å². The van der Waals surface area contributed by atoms with Gasteiger partial charge in [0.25, 0.3) is 5.91 Å². The molecule has 2 saturated heterocycles. The minimum atomic E-state index is -4.93. The lowest BCUT2D eigenvalue weighted by Gasteiger charge is -2.44. The lowest BCUT2D eigenvalue weighted by Crippen LogP contribution is -2.55. The number of piperidine rings is 1. The van der Waals surface area contributed by atoms with Crippen molar-refractivity contribution in [3.05, 3.63) is 57.3 Å². The van der Waals surface area contributed by atoms with Crippen LogP contribution < -0.4 is 15.8 Å². The maximum absolute atomic E-state index is 15.8. The van der Waals surface area contributed by atoms with Crippen LogP contribution in [0.1, 0.15) is 74.9 Å².